The van der Waals surface area contributed by atoms with Crippen LogP contribution in [0.25, 0.3) is 0 Å². The van der Waals surface area contributed by atoms with Crippen molar-refractivity contribution in [3.63, 3.8) is 0 Å². The van der Waals surface area contributed by atoms with Crippen molar-refractivity contribution in [2.45, 2.75) is 39.0 Å². The molecule has 1 saturated heterocycles. The van der Waals surface area contributed by atoms with Gasteiger partial charge in [0.05, 0.1) is 17.6 Å². The molecule has 5 nitrogen and oxygen atoms in total. The molecule has 1 amide bonds. The molecule has 0 aliphatic carbocycles. The first-order valence-corrected chi connectivity index (χ1v) is 11.5. The second-order valence-electron chi connectivity index (χ2n) is 7.31. The highest BCUT2D eigenvalue weighted by Gasteiger charge is 2.35. The largest absolute Gasteiger partial charge is 0.491 e. The number of amides is 1. The van der Waals surface area contributed by atoms with Gasteiger partial charge < -0.3 is 9.64 Å². The summed E-state index contributed by atoms with van der Waals surface area (Å²) in [5.41, 5.74) is 1.41. The van der Waals surface area contributed by atoms with Gasteiger partial charge in [-0.05, 0) is 62.2 Å². The number of sulfone groups is 1. The first kappa shape index (κ1) is 20.7. The molecule has 7 heteroatoms. The Bertz CT molecular complexity index is 924. The zero-order valence-corrected chi connectivity index (χ0v) is 17.5. The molecule has 1 aliphatic heterocycles. The number of nitrogens with zero attached hydrogens (tertiary/aromatic N) is 1. The minimum Gasteiger partial charge on any atom is -0.491 e. The normalized spacial score (nSPS) is 18.2. The highest BCUT2D eigenvalue weighted by Crippen LogP contribution is 2.24. The fourth-order valence-electron chi connectivity index (χ4n) is 3.29. The molecule has 1 fully saturated rings. The molecular weight excluding hydrogens is 398 g/mol. The van der Waals surface area contributed by atoms with Crippen molar-refractivity contribution in [2.24, 2.45) is 0 Å². The van der Waals surface area contributed by atoms with Gasteiger partial charge in [0, 0.05) is 23.2 Å². The standard InChI is InChI=1S/C21H24ClNO4S/c1-15(2)27-20-9-5-17(6-10-20)21(24)23(19-11-12-28(25,26)14-19)13-16-3-7-18(22)8-4-16/h3-10,15,19H,11-14H2,1-2H3/t19-/m1/s1. The van der Waals surface area contributed by atoms with Crippen LogP contribution in [-0.2, 0) is 16.4 Å². The molecule has 0 N–H and O–H groups in total. The molecule has 0 unspecified atom stereocenters. The van der Waals surface area contributed by atoms with Gasteiger partial charge in [-0.25, -0.2) is 8.42 Å². The number of halogens is 1. The lowest BCUT2D eigenvalue weighted by Crippen LogP contribution is -2.40. The Labute approximate surface area is 171 Å². The summed E-state index contributed by atoms with van der Waals surface area (Å²) < 4.78 is 29.6. The predicted octanol–water partition coefficient (Wildman–Crippen LogP) is 3.96. The van der Waals surface area contributed by atoms with Gasteiger partial charge in [-0.3, -0.25) is 4.79 Å². The number of hydrogen-bond acceptors (Lipinski definition) is 4. The van der Waals surface area contributed by atoms with Crippen LogP contribution in [0.4, 0.5) is 0 Å². The Morgan fingerprint density at radius 1 is 1.14 bits per heavy atom. The average Bonchev–Trinajstić information content (AvgIpc) is 3.00. The van der Waals surface area contributed by atoms with E-state index in [-0.39, 0.29) is 29.6 Å². The van der Waals surface area contributed by atoms with E-state index in [4.69, 9.17) is 16.3 Å². The van der Waals surface area contributed by atoms with Gasteiger partial charge in [-0.2, -0.15) is 0 Å². The van der Waals surface area contributed by atoms with E-state index < -0.39 is 9.84 Å². The van der Waals surface area contributed by atoms with E-state index in [9.17, 15) is 13.2 Å². The van der Waals surface area contributed by atoms with Crippen LogP contribution >= 0.6 is 11.6 Å². The minimum atomic E-state index is -3.11. The average molecular weight is 422 g/mol. The van der Waals surface area contributed by atoms with Crippen LogP contribution in [-0.4, -0.2) is 42.9 Å². The van der Waals surface area contributed by atoms with Crippen molar-refractivity contribution < 1.29 is 17.9 Å². The van der Waals surface area contributed by atoms with Crippen LogP contribution in [0.1, 0.15) is 36.2 Å². The van der Waals surface area contributed by atoms with Crippen molar-refractivity contribution in [2.75, 3.05) is 11.5 Å². The number of hydrogen-bond donors (Lipinski definition) is 0. The Morgan fingerprint density at radius 2 is 1.79 bits per heavy atom. The van der Waals surface area contributed by atoms with Gasteiger partial charge >= 0.3 is 0 Å². The van der Waals surface area contributed by atoms with Crippen molar-refractivity contribution in [3.05, 3.63) is 64.7 Å². The number of carbonyl (C=O) groups excluding carboxylic acids is 1. The zero-order valence-electron chi connectivity index (χ0n) is 16.0. The maximum absolute atomic E-state index is 13.2. The van der Waals surface area contributed by atoms with Crippen LogP contribution in [0, 0.1) is 0 Å². The highest BCUT2D eigenvalue weighted by atomic mass is 35.5. The first-order chi connectivity index (χ1) is 13.2. The van der Waals surface area contributed by atoms with E-state index in [1.807, 2.05) is 26.0 Å². The summed E-state index contributed by atoms with van der Waals surface area (Å²) in [4.78, 5) is 14.9. The molecule has 150 valence electrons. The molecule has 28 heavy (non-hydrogen) atoms. The van der Waals surface area contributed by atoms with Crippen LogP contribution in [0.2, 0.25) is 5.02 Å². The fraction of sp³-hybridized carbons (Fsp3) is 0.381. The summed E-state index contributed by atoms with van der Waals surface area (Å²) in [7, 11) is -3.11. The number of rotatable bonds is 6. The van der Waals surface area contributed by atoms with Crippen molar-refractivity contribution in [1.29, 1.82) is 0 Å². The molecule has 2 aromatic rings. The third kappa shape index (κ3) is 5.26. The molecule has 0 saturated carbocycles. The molecule has 0 aromatic heterocycles. The lowest BCUT2D eigenvalue weighted by molar-refractivity contribution is 0.0681. The maximum Gasteiger partial charge on any atom is 0.254 e. The Balaban J connectivity index is 1.84. The van der Waals surface area contributed by atoms with Gasteiger partial charge in [-0.15, -0.1) is 0 Å². The van der Waals surface area contributed by atoms with E-state index in [0.717, 1.165) is 5.56 Å². The van der Waals surface area contributed by atoms with E-state index in [0.29, 0.717) is 29.3 Å². The summed E-state index contributed by atoms with van der Waals surface area (Å²) in [6.07, 6.45) is 0.502. The smallest absolute Gasteiger partial charge is 0.254 e. The van der Waals surface area contributed by atoms with Gasteiger partial charge in [0.2, 0.25) is 0 Å². The third-order valence-electron chi connectivity index (χ3n) is 4.65. The monoisotopic (exact) mass is 421 g/mol. The topological polar surface area (TPSA) is 63.7 Å². The predicted molar refractivity (Wildman–Crippen MR) is 111 cm³/mol. The Morgan fingerprint density at radius 3 is 2.32 bits per heavy atom. The lowest BCUT2D eigenvalue weighted by atomic mass is 10.1. The molecule has 2 aromatic carbocycles. The fourth-order valence-corrected chi connectivity index (χ4v) is 5.15. The van der Waals surface area contributed by atoms with Gasteiger partial charge in [-0.1, -0.05) is 23.7 Å². The van der Waals surface area contributed by atoms with Crippen molar-refractivity contribution in [1.82, 2.24) is 4.90 Å². The summed E-state index contributed by atoms with van der Waals surface area (Å²) in [6, 6.07) is 13.9. The van der Waals surface area contributed by atoms with Crippen LogP contribution in [0.5, 0.6) is 5.75 Å². The number of carbonyl (C=O) groups is 1. The van der Waals surface area contributed by atoms with Gasteiger partial charge in [0.25, 0.3) is 5.91 Å². The van der Waals surface area contributed by atoms with E-state index >= 15 is 0 Å². The zero-order chi connectivity index (χ0) is 20.3. The maximum atomic E-state index is 13.2. The van der Waals surface area contributed by atoms with E-state index in [2.05, 4.69) is 0 Å². The van der Waals surface area contributed by atoms with Crippen LogP contribution in [0.15, 0.2) is 48.5 Å². The molecular formula is C21H24ClNO4S. The van der Waals surface area contributed by atoms with Crippen LogP contribution in [0.3, 0.4) is 0 Å². The first-order valence-electron chi connectivity index (χ1n) is 9.26. The molecule has 0 spiro atoms. The Hall–Kier alpha value is -2.05. The molecule has 1 heterocycles. The summed E-state index contributed by atoms with van der Waals surface area (Å²) in [6.45, 7) is 4.21. The molecule has 0 radical (unpaired) electrons. The molecule has 1 atom stereocenters. The summed E-state index contributed by atoms with van der Waals surface area (Å²) in [5.74, 6) is 0.622. The molecule has 0 bridgehead atoms. The number of ether oxygens (including phenoxy) is 1. The molecule has 3 rings (SSSR count). The van der Waals surface area contributed by atoms with Gasteiger partial charge in [0.15, 0.2) is 9.84 Å². The highest BCUT2D eigenvalue weighted by molar-refractivity contribution is 7.91. The SMILES string of the molecule is CC(C)Oc1ccc(C(=O)N(Cc2ccc(Cl)cc2)[C@@H]2CCS(=O)(=O)C2)cc1. The third-order valence-corrected chi connectivity index (χ3v) is 6.65. The summed E-state index contributed by atoms with van der Waals surface area (Å²) >= 11 is 5.95. The molecule has 1 aliphatic rings. The minimum absolute atomic E-state index is 0.000867. The van der Waals surface area contributed by atoms with Crippen molar-refractivity contribution >= 4 is 27.3 Å². The van der Waals surface area contributed by atoms with E-state index in [1.54, 1.807) is 41.3 Å². The van der Waals surface area contributed by atoms with Crippen molar-refractivity contribution in [3.8, 4) is 5.75 Å². The second kappa shape index (κ2) is 8.53. The van der Waals surface area contributed by atoms with E-state index in [1.165, 1.54) is 0 Å². The quantitative estimate of drug-likeness (QED) is 0.708. The van der Waals surface area contributed by atoms with Gasteiger partial charge in [0.1, 0.15) is 5.75 Å². The Kier molecular flexibility index (Phi) is 6.30. The lowest BCUT2D eigenvalue weighted by Gasteiger charge is -2.28. The summed E-state index contributed by atoms with van der Waals surface area (Å²) in [5, 5.41) is 0.616. The second-order valence-corrected chi connectivity index (χ2v) is 9.97. The number of benzene rings is 2. The van der Waals surface area contributed by atoms with Crippen LogP contribution < -0.4 is 4.74 Å².